The average Bonchev–Trinajstić information content (AvgIpc) is 1.35. The minimum absolute atomic E-state index is 0.00589. The number of hydrogen-bond acceptors (Lipinski definition) is 27. The maximum atomic E-state index is 13.8. The van der Waals surface area contributed by atoms with Gasteiger partial charge < -0.3 is 128 Å². The second-order valence-corrected chi connectivity index (χ2v) is 26.7. The second-order valence-electron chi connectivity index (χ2n) is 26.7. The van der Waals surface area contributed by atoms with Gasteiger partial charge in [-0.1, -0.05) is 32.0 Å². The highest BCUT2D eigenvalue weighted by atomic mass is 16.8. The monoisotopic (exact) mass is 1260 g/mol. The number of carbonyl (C=O) groups excluding carboxylic acids is 1. The zero-order valence-electron chi connectivity index (χ0n) is 51.5. The van der Waals surface area contributed by atoms with Gasteiger partial charge in [-0.25, -0.2) is 4.79 Å². The summed E-state index contributed by atoms with van der Waals surface area (Å²) in [5.74, 6) is -1.10. The van der Waals surface area contributed by atoms with Crippen LogP contribution >= 0.6 is 0 Å². The average molecular weight is 1260 g/mol. The van der Waals surface area contributed by atoms with Crippen molar-refractivity contribution in [1.29, 1.82) is 0 Å². The highest BCUT2D eigenvalue weighted by Crippen LogP contribution is 2.72. The van der Waals surface area contributed by atoms with Crippen LogP contribution < -0.4 is 0 Å². The fourth-order valence-electron chi connectivity index (χ4n) is 16.9. The Hall–Kier alpha value is -2.31. The molecule has 33 atom stereocenters. The number of rotatable bonds is 18. The maximum Gasteiger partial charge on any atom is 0.338 e. The van der Waals surface area contributed by atoms with Gasteiger partial charge in [-0.15, -0.1) is 0 Å². The molecule has 12 N–H and O–H groups in total. The molecule has 5 heterocycles. The standard InChI is InChI=1S/C61H96O27/c1-27-48(34(75-7)22-40(78-27)81-33-16-17-57(5)32(21-33)15-18-60(73)38(57)24-39(84-53(71)31-13-11-10-12-14-31)58(6)59(72,30(4)64)19-20-61(58,60)74)85-41-23-35(76-8)49(28(2)79-41)86-56-47(70)52(77-9)50(29(3)80-56)87-55-46(69)44(67)51(37(26-63)83-55)88-54-45(68)43(66)42(65)36(25-62)82-54/h10-14,27-30,32-52,54-56,62-70,72-74H,15-26H2,1-9H3/t27-,28-,29-,30+,32+,33+,34-,35-,36-,37-,38-,39-,40+,41+,42-,43+,44-,45-,46-,47-,48-,49-,50-,51-,52+,54+,55+,56+,57+,58-,59-,60+,61-/m1/s1. The Morgan fingerprint density at radius 2 is 1.14 bits per heavy atom. The number of methoxy groups -OCH3 is 3. The number of carbonyl (C=O) groups is 1. The summed E-state index contributed by atoms with van der Waals surface area (Å²) in [7, 11) is 4.43. The first-order valence-electron chi connectivity index (χ1n) is 31.2. The van der Waals surface area contributed by atoms with E-state index in [1.54, 1.807) is 58.2 Å². The molecule has 5 saturated heterocycles. The van der Waals surface area contributed by atoms with Crippen LogP contribution in [0.1, 0.15) is 116 Å². The summed E-state index contributed by atoms with van der Waals surface area (Å²) in [5, 5.41) is 135. The number of hydrogen-bond donors (Lipinski definition) is 12. The largest absolute Gasteiger partial charge is 0.458 e. The molecule has 27 heteroatoms. The van der Waals surface area contributed by atoms with Crippen LogP contribution in [0.25, 0.3) is 0 Å². The fourth-order valence-corrected chi connectivity index (χ4v) is 16.9. The molecule has 10 rings (SSSR count). The highest BCUT2D eigenvalue weighted by molar-refractivity contribution is 5.89. The SMILES string of the molecule is CO[C@H]1[C@@H](O)[C@H](O[C@@H]2[C@@H](C)O[C@@H](O[C@@H]3[C@@H](C)O[C@@H](O[C@H]4CC[C@@]5(C)[C@@H](CC[C@]6(O)[C@@H]5C[C@@H](OC(=O)c5ccccc5)[C@@]5(C)[C@]6(O)CC[C@@]5(O)[C@H](C)O)C4)C[C@H]3OC)C[C@H]2OC)O[C@H](C)[C@H]1O[C@@H]1O[C@H](CO)[C@@H](O[C@@H]2O[C@H](CO)[C@@H](O)[C@H](O)[C@H]2O)[C@H](O)[C@H]1O. The van der Waals surface area contributed by atoms with E-state index in [1.165, 1.54) is 21.1 Å². The third kappa shape index (κ3) is 11.9. The molecular formula is C61H96O27. The maximum absolute atomic E-state index is 13.8. The smallest absolute Gasteiger partial charge is 0.338 e. The predicted octanol–water partition coefficient (Wildman–Crippen LogP) is -1.21. The highest BCUT2D eigenvalue weighted by Gasteiger charge is 2.82. The third-order valence-corrected chi connectivity index (χ3v) is 22.2. The first-order chi connectivity index (χ1) is 41.7. The van der Waals surface area contributed by atoms with Crippen molar-refractivity contribution in [2.24, 2.45) is 22.7 Å². The van der Waals surface area contributed by atoms with Crippen LogP contribution in [0.15, 0.2) is 30.3 Å². The van der Waals surface area contributed by atoms with Gasteiger partial charge in [-0.2, -0.15) is 0 Å². The quantitative estimate of drug-likeness (QED) is 0.0606. The summed E-state index contributed by atoms with van der Waals surface area (Å²) < 4.78 is 86.2. The lowest BCUT2D eigenvalue weighted by molar-refractivity contribution is -0.385. The molecule has 0 bridgehead atoms. The van der Waals surface area contributed by atoms with Crippen LogP contribution in [-0.4, -0.2) is 278 Å². The van der Waals surface area contributed by atoms with Crippen LogP contribution in [0, 0.1) is 22.7 Å². The van der Waals surface area contributed by atoms with Crippen molar-refractivity contribution in [3.8, 4) is 0 Å². The molecule has 0 unspecified atom stereocenters. The van der Waals surface area contributed by atoms with E-state index in [0.29, 0.717) is 37.7 Å². The van der Waals surface area contributed by atoms with E-state index >= 15 is 0 Å². The number of benzene rings is 1. The van der Waals surface area contributed by atoms with E-state index in [4.69, 9.17) is 66.3 Å². The lowest BCUT2D eigenvalue weighted by Gasteiger charge is -2.69. The van der Waals surface area contributed by atoms with Gasteiger partial charge in [0, 0.05) is 34.2 Å². The molecule has 27 nitrogen and oxygen atoms in total. The Bertz CT molecular complexity index is 2470. The summed E-state index contributed by atoms with van der Waals surface area (Å²) in [6.07, 6.45) is -27.4. The lowest BCUT2D eigenvalue weighted by Crippen LogP contribution is -2.79. The van der Waals surface area contributed by atoms with E-state index < -0.39 is 206 Å². The Labute approximate surface area is 512 Å². The van der Waals surface area contributed by atoms with Crippen molar-refractivity contribution in [2.45, 2.75) is 282 Å². The van der Waals surface area contributed by atoms with E-state index in [-0.39, 0.29) is 44.1 Å². The topological polar surface area (TPSA) is 389 Å². The van der Waals surface area contributed by atoms with Crippen LogP contribution in [0.5, 0.6) is 0 Å². The number of aliphatic hydroxyl groups is 12. The van der Waals surface area contributed by atoms with Crippen molar-refractivity contribution in [1.82, 2.24) is 0 Å². The minimum Gasteiger partial charge on any atom is -0.458 e. The first-order valence-corrected chi connectivity index (χ1v) is 31.2. The molecule has 0 spiro atoms. The zero-order chi connectivity index (χ0) is 63.7. The van der Waals surface area contributed by atoms with E-state index in [2.05, 4.69) is 6.92 Å². The van der Waals surface area contributed by atoms with Gasteiger partial charge in [0.05, 0.1) is 72.5 Å². The molecule has 88 heavy (non-hydrogen) atoms. The van der Waals surface area contributed by atoms with E-state index in [1.807, 2.05) is 6.92 Å². The summed E-state index contributed by atoms with van der Waals surface area (Å²) >= 11 is 0. The Balaban J connectivity index is 0.730. The van der Waals surface area contributed by atoms with Gasteiger partial charge in [-0.3, -0.25) is 0 Å². The number of ether oxygens (including phenoxy) is 14. The molecule has 5 aliphatic heterocycles. The van der Waals surface area contributed by atoms with Crippen LogP contribution in [0.4, 0.5) is 0 Å². The van der Waals surface area contributed by atoms with Gasteiger partial charge in [0.2, 0.25) is 0 Å². The van der Waals surface area contributed by atoms with Crippen LogP contribution in [0.2, 0.25) is 0 Å². The minimum atomic E-state index is -1.90. The number of fused-ring (bicyclic) bond motifs is 5. The molecule has 9 fully saturated rings. The van der Waals surface area contributed by atoms with Gasteiger partial charge >= 0.3 is 5.97 Å². The molecule has 4 aliphatic carbocycles. The number of esters is 1. The molecule has 4 saturated carbocycles. The Morgan fingerprint density at radius 3 is 1.74 bits per heavy atom. The van der Waals surface area contributed by atoms with Gasteiger partial charge in [0.25, 0.3) is 0 Å². The molecule has 9 aliphatic rings. The molecule has 1 aromatic carbocycles. The van der Waals surface area contributed by atoms with Gasteiger partial charge in [-0.05, 0) is 108 Å². The number of aliphatic hydroxyl groups excluding tert-OH is 9. The van der Waals surface area contributed by atoms with Crippen molar-refractivity contribution in [2.75, 3.05) is 34.5 Å². The van der Waals surface area contributed by atoms with Crippen molar-refractivity contribution >= 4 is 5.97 Å². The fraction of sp³-hybridized carbons (Fsp3) is 0.885. The van der Waals surface area contributed by atoms with E-state index in [0.717, 1.165) is 0 Å². The molecule has 502 valence electrons. The first kappa shape index (κ1) is 68.5. The summed E-state index contributed by atoms with van der Waals surface area (Å²) in [5.41, 5.74) is -7.25. The van der Waals surface area contributed by atoms with Crippen LogP contribution in [0.3, 0.4) is 0 Å². The van der Waals surface area contributed by atoms with Crippen molar-refractivity contribution in [3.63, 3.8) is 0 Å². The second kappa shape index (κ2) is 26.8. The Morgan fingerprint density at radius 1 is 0.580 bits per heavy atom. The molecule has 0 amide bonds. The lowest BCUT2D eigenvalue weighted by atomic mass is 9.40. The van der Waals surface area contributed by atoms with Crippen LogP contribution in [-0.2, 0) is 66.3 Å². The van der Waals surface area contributed by atoms with E-state index in [9.17, 15) is 66.1 Å². The van der Waals surface area contributed by atoms with Gasteiger partial charge in [0.15, 0.2) is 31.5 Å². The van der Waals surface area contributed by atoms with Gasteiger partial charge in [0.1, 0.15) is 96.7 Å². The molecule has 0 aromatic heterocycles. The summed E-state index contributed by atoms with van der Waals surface area (Å²) in [4.78, 5) is 13.8. The molecule has 1 aromatic rings. The third-order valence-electron chi connectivity index (χ3n) is 22.2. The Kier molecular flexibility index (Phi) is 20.9. The molecular weight excluding hydrogens is 1160 g/mol. The molecule has 0 radical (unpaired) electrons. The predicted molar refractivity (Wildman–Crippen MR) is 299 cm³/mol. The summed E-state index contributed by atoms with van der Waals surface area (Å²) in [6, 6.07) is 8.52. The zero-order valence-corrected chi connectivity index (χ0v) is 51.5. The van der Waals surface area contributed by atoms with Crippen molar-refractivity contribution in [3.05, 3.63) is 35.9 Å². The van der Waals surface area contributed by atoms with Crippen molar-refractivity contribution < 1.29 is 132 Å². The normalized spacial score (nSPS) is 51.8. The summed E-state index contributed by atoms with van der Waals surface area (Å²) in [6.45, 7) is 8.98.